The third-order valence-corrected chi connectivity index (χ3v) is 7.30. The van der Waals surface area contributed by atoms with E-state index in [-0.39, 0.29) is 11.5 Å². The highest BCUT2D eigenvalue weighted by atomic mass is 19.1. The van der Waals surface area contributed by atoms with Crippen LogP contribution in [0.15, 0.2) is 35.0 Å². The molecule has 0 radical (unpaired) electrons. The Kier molecular flexibility index (Phi) is 7.42. The van der Waals surface area contributed by atoms with Crippen molar-refractivity contribution in [3.63, 3.8) is 0 Å². The van der Waals surface area contributed by atoms with Gasteiger partial charge in [-0.05, 0) is 42.5 Å². The van der Waals surface area contributed by atoms with Gasteiger partial charge < -0.3 is 24.8 Å². The number of nitrogens with zero attached hydrogens (tertiary/aromatic N) is 6. The van der Waals surface area contributed by atoms with Crippen molar-refractivity contribution in [2.24, 2.45) is 11.7 Å². The van der Waals surface area contributed by atoms with Crippen LogP contribution in [0.25, 0.3) is 0 Å². The third kappa shape index (κ3) is 5.41. The lowest BCUT2D eigenvalue weighted by Gasteiger charge is -2.30. The fourth-order valence-electron chi connectivity index (χ4n) is 5.08. The molecule has 2 saturated heterocycles. The first-order chi connectivity index (χ1) is 18.3. The Morgan fingerprint density at radius 2 is 1.97 bits per heavy atom. The second-order valence-corrected chi connectivity index (χ2v) is 10.3. The zero-order chi connectivity index (χ0) is 26.8. The lowest BCUT2D eigenvalue weighted by Crippen LogP contribution is -2.35. The van der Waals surface area contributed by atoms with Crippen LogP contribution in [-0.2, 0) is 0 Å². The van der Waals surface area contributed by atoms with E-state index in [4.69, 9.17) is 15.0 Å². The topological polar surface area (TPSA) is 117 Å². The Hall–Kier alpha value is -3.78. The molecule has 38 heavy (non-hydrogen) atoms. The summed E-state index contributed by atoms with van der Waals surface area (Å²) in [7, 11) is 0. The van der Waals surface area contributed by atoms with E-state index in [0.717, 1.165) is 38.1 Å². The second-order valence-electron chi connectivity index (χ2n) is 10.3. The number of rotatable bonds is 7. The average Bonchev–Trinajstić information content (AvgIpc) is 3.56. The van der Waals surface area contributed by atoms with Gasteiger partial charge in [-0.3, -0.25) is 0 Å². The zero-order valence-electron chi connectivity index (χ0n) is 21.5. The molecule has 0 aliphatic carbocycles. The number of halogens is 2. The smallest absolute Gasteiger partial charge is 0.324 e. The van der Waals surface area contributed by atoms with Crippen molar-refractivity contribution in [3.05, 3.63) is 59.0 Å². The maximum Gasteiger partial charge on any atom is 0.324 e. The van der Waals surface area contributed by atoms with Crippen LogP contribution in [0.1, 0.15) is 55.5 Å². The number of piperidine rings is 1. The monoisotopic (exact) mass is 523 g/mol. The number of hydrogen-bond donors (Lipinski definition) is 1. The third-order valence-electron chi connectivity index (χ3n) is 7.30. The molecule has 4 heterocycles. The number of nitrogens with two attached hydrogens (primary N) is 1. The molecular weight excluding hydrogens is 492 g/mol. The summed E-state index contributed by atoms with van der Waals surface area (Å²) in [5.41, 5.74) is 6.88. The van der Waals surface area contributed by atoms with Gasteiger partial charge >= 0.3 is 6.01 Å². The Bertz CT molecular complexity index is 1320. The highest BCUT2D eigenvalue weighted by Crippen LogP contribution is 2.33. The molecule has 2 N–H and O–H groups in total. The summed E-state index contributed by atoms with van der Waals surface area (Å²) in [6.45, 7) is 6.88. The lowest BCUT2D eigenvalue weighted by molar-refractivity contribution is 0.219. The van der Waals surface area contributed by atoms with Gasteiger partial charge in [-0.15, -0.1) is 0 Å². The summed E-state index contributed by atoms with van der Waals surface area (Å²) < 4.78 is 39.5. The highest BCUT2D eigenvalue weighted by molar-refractivity contribution is 5.57. The fraction of sp³-hybridized carbons (Fsp3) is 0.481. The predicted octanol–water partition coefficient (Wildman–Crippen LogP) is 3.96. The van der Waals surface area contributed by atoms with Gasteiger partial charge in [-0.25, -0.2) is 13.8 Å². The molecule has 0 spiro atoms. The molecular formula is C27H31F2N7O2. The largest absolute Gasteiger partial charge is 0.492 e. The van der Waals surface area contributed by atoms with E-state index in [1.54, 1.807) is 12.3 Å². The minimum atomic E-state index is -0.509. The molecule has 2 unspecified atom stereocenters. The van der Waals surface area contributed by atoms with Crippen molar-refractivity contribution < 1.29 is 18.0 Å². The van der Waals surface area contributed by atoms with Crippen LogP contribution in [0, 0.1) is 28.9 Å². The first-order valence-electron chi connectivity index (χ1n) is 12.9. The van der Waals surface area contributed by atoms with E-state index in [0.29, 0.717) is 54.6 Å². The molecule has 2 aromatic heterocycles. The van der Waals surface area contributed by atoms with Crippen LogP contribution < -0.4 is 20.3 Å². The molecule has 11 heteroatoms. The van der Waals surface area contributed by atoms with Crippen molar-refractivity contribution in [2.45, 2.75) is 44.6 Å². The van der Waals surface area contributed by atoms with Gasteiger partial charge in [0.1, 0.15) is 29.3 Å². The van der Waals surface area contributed by atoms with Gasteiger partial charge in [0.25, 0.3) is 0 Å². The quantitative estimate of drug-likeness (QED) is 0.491. The average molecular weight is 524 g/mol. The predicted molar refractivity (Wildman–Crippen MR) is 137 cm³/mol. The van der Waals surface area contributed by atoms with Gasteiger partial charge in [0, 0.05) is 50.1 Å². The SMILES string of the molecule is CC(C)c1noc(N2CCC(COc3cnc(N4CC(N)C(c5cc(F)ccc5F)C4)c(C#N)c3)CC2)n1. The maximum atomic E-state index is 14.4. The molecule has 0 saturated carbocycles. The van der Waals surface area contributed by atoms with E-state index in [1.807, 2.05) is 18.7 Å². The van der Waals surface area contributed by atoms with Crippen LogP contribution in [0.3, 0.4) is 0 Å². The Labute approximate surface area is 220 Å². The standard InChI is InChI=1S/C27H31F2N7O2/c1-16(2)25-33-27(38-34-25)35-7-5-17(6-8-35)15-37-20-9-18(11-30)26(32-12-20)36-13-22(24(31)14-36)21-10-19(28)3-4-23(21)29/h3-4,9-10,12,16-17,22,24H,5-8,13-15,31H2,1-2H3. The molecule has 9 nitrogen and oxygen atoms in total. The van der Waals surface area contributed by atoms with E-state index >= 15 is 0 Å². The van der Waals surface area contributed by atoms with Gasteiger partial charge in [0.2, 0.25) is 0 Å². The van der Waals surface area contributed by atoms with E-state index in [1.165, 1.54) is 6.07 Å². The Morgan fingerprint density at radius 1 is 1.18 bits per heavy atom. The Balaban J connectivity index is 1.18. The molecule has 2 fully saturated rings. The van der Waals surface area contributed by atoms with Crippen LogP contribution in [0.4, 0.5) is 20.6 Å². The van der Waals surface area contributed by atoms with Crippen LogP contribution in [0.2, 0.25) is 0 Å². The fourth-order valence-corrected chi connectivity index (χ4v) is 5.08. The van der Waals surface area contributed by atoms with E-state index < -0.39 is 23.6 Å². The number of pyridine rings is 1. The number of nitriles is 1. The van der Waals surface area contributed by atoms with Gasteiger partial charge in [-0.2, -0.15) is 10.2 Å². The van der Waals surface area contributed by atoms with Gasteiger partial charge in [-0.1, -0.05) is 19.0 Å². The number of benzene rings is 1. The van der Waals surface area contributed by atoms with Crippen LogP contribution in [-0.4, -0.2) is 54.0 Å². The second kappa shape index (κ2) is 10.9. The molecule has 3 aromatic rings. The molecule has 2 atom stereocenters. The summed E-state index contributed by atoms with van der Waals surface area (Å²) in [5.74, 6) is 0.844. The van der Waals surface area contributed by atoms with Crippen LogP contribution >= 0.6 is 0 Å². The summed E-state index contributed by atoms with van der Waals surface area (Å²) in [6, 6.07) is 7.39. The Morgan fingerprint density at radius 3 is 2.68 bits per heavy atom. The first-order valence-corrected chi connectivity index (χ1v) is 12.9. The minimum absolute atomic E-state index is 0.219. The molecule has 0 bridgehead atoms. The number of anilines is 2. The number of hydrogen-bond acceptors (Lipinski definition) is 9. The number of ether oxygens (including phenoxy) is 1. The first kappa shape index (κ1) is 25.9. The molecule has 1 aromatic carbocycles. The van der Waals surface area contributed by atoms with Crippen molar-refractivity contribution >= 4 is 11.8 Å². The van der Waals surface area contributed by atoms with Gasteiger partial charge in [0.15, 0.2) is 5.82 Å². The molecule has 200 valence electrons. The summed E-state index contributed by atoms with van der Waals surface area (Å²) in [6.07, 6.45) is 3.43. The van der Waals surface area contributed by atoms with Crippen molar-refractivity contribution in [2.75, 3.05) is 42.6 Å². The maximum absolute atomic E-state index is 14.4. The van der Waals surface area contributed by atoms with Crippen molar-refractivity contribution in [3.8, 4) is 11.8 Å². The van der Waals surface area contributed by atoms with Crippen molar-refractivity contribution in [1.29, 1.82) is 5.26 Å². The number of aromatic nitrogens is 3. The van der Waals surface area contributed by atoms with Crippen LogP contribution in [0.5, 0.6) is 5.75 Å². The summed E-state index contributed by atoms with van der Waals surface area (Å²) in [4.78, 5) is 12.9. The highest BCUT2D eigenvalue weighted by Gasteiger charge is 2.35. The summed E-state index contributed by atoms with van der Waals surface area (Å²) >= 11 is 0. The molecule has 2 aliphatic rings. The minimum Gasteiger partial charge on any atom is -0.492 e. The molecule has 0 amide bonds. The summed E-state index contributed by atoms with van der Waals surface area (Å²) in [5, 5.41) is 13.8. The van der Waals surface area contributed by atoms with E-state index in [9.17, 15) is 14.0 Å². The zero-order valence-corrected chi connectivity index (χ0v) is 21.5. The lowest BCUT2D eigenvalue weighted by atomic mass is 9.94. The van der Waals surface area contributed by atoms with Gasteiger partial charge in [0.05, 0.1) is 18.4 Å². The van der Waals surface area contributed by atoms with E-state index in [2.05, 4.69) is 26.1 Å². The van der Waals surface area contributed by atoms with Crippen molar-refractivity contribution in [1.82, 2.24) is 15.1 Å². The normalized spacial score (nSPS) is 20.2. The molecule has 5 rings (SSSR count). The molecule has 2 aliphatic heterocycles.